The van der Waals surface area contributed by atoms with Gasteiger partial charge in [0, 0.05) is 19.3 Å². The van der Waals surface area contributed by atoms with Crippen LogP contribution in [0.3, 0.4) is 0 Å². The van der Waals surface area contributed by atoms with Crippen LogP contribution in [-0.4, -0.2) is 37.2 Å². The minimum absolute atomic E-state index is 0.134. The second kappa shape index (κ2) is 68.5. The summed E-state index contributed by atoms with van der Waals surface area (Å²) in [4.78, 5) is 38.3. The standard InChI is InChI=1S/C77H116O6/c1-4-7-10-13-16-19-22-25-28-30-32-34-36-37-38-39-41-42-44-46-49-52-55-58-61-64-67-70-76(79)82-73-74(72-81-75(78)69-66-63-60-57-54-51-48-27-24-21-18-15-12-9-6-3)83-77(80)71-68-65-62-59-56-53-50-47-45-43-40-35-33-31-29-26-23-20-17-14-11-8-5-2/h7-8,10-11,16-21,25-29,32-35,37-38,41-43,45-46,48-50,53,55,58-59,62,74H,4-6,9,12-15,22-24,30-31,36,39-40,44,47,51-52,54,56-57,60-61,63-73H2,1-3H3/b10-7-,11-8-,19-16-,20-17-,21-18-,28-25-,29-26-,34-32-,35-33-,38-37-,42-41-,45-43-,48-27-,49-46-,53-50-,58-55-,62-59-. The van der Waals surface area contributed by atoms with Crippen LogP contribution in [0, 0.1) is 0 Å². The van der Waals surface area contributed by atoms with Crippen molar-refractivity contribution < 1.29 is 28.6 Å². The Balaban J connectivity index is 4.61. The van der Waals surface area contributed by atoms with Gasteiger partial charge in [-0.3, -0.25) is 14.4 Å². The van der Waals surface area contributed by atoms with Gasteiger partial charge in [-0.25, -0.2) is 0 Å². The molecule has 0 aliphatic rings. The predicted molar refractivity (Wildman–Crippen MR) is 361 cm³/mol. The van der Waals surface area contributed by atoms with Crippen LogP contribution in [0.4, 0.5) is 0 Å². The summed E-state index contributed by atoms with van der Waals surface area (Å²) in [6.07, 6.45) is 105. The third-order valence-corrected chi connectivity index (χ3v) is 12.8. The Labute approximate surface area is 509 Å². The zero-order valence-electron chi connectivity index (χ0n) is 52.6. The quantitative estimate of drug-likeness (QED) is 0.0261. The number of carbonyl (C=O) groups excluding carboxylic acids is 3. The topological polar surface area (TPSA) is 78.9 Å². The molecular weight excluding hydrogens is 1020 g/mol. The number of carbonyl (C=O) groups is 3. The van der Waals surface area contributed by atoms with E-state index in [2.05, 4.69) is 227 Å². The molecule has 6 nitrogen and oxygen atoms in total. The maximum atomic E-state index is 12.9. The number of ether oxygens (including phenoxy) is 3. The van der Waals surface area contributed by atoms with Gasteiger partial charge < -0.3 is 14.2 Å². The van der Waals surface area contributed by atoms with Gasteiger partial charge in [-0.2, -0.15) is 0 Å². The summed E-state index contributed by atoms with van der Waals surface area (Å²) in [6.45, 7) is 6.27. The molecule has 0 N–H and O–H groups in total. The third kappa shape index (κ3) is 66.7. The molecule has 0 amide bonds. The van der Waals surface area contributed by atoms with E-state index >= 15 is 0 Å². The largest absolute Gasteiger partial charge is 0.462 e. The lowest BCUT2D eigenvalue weighted by Crippen LogP contribution is -2.30. The Morgan fingerprint density at radius 3 is 0.795 bits per heavy atom. The van der Waals surface area contributed by atoms with Crippen molar-refractivity contribution in [3.8, 4) is 0 Å². The maximum absolute atomic E-state index is 12.9. The predicted octanol–water partition coefficient (Wildman–Crippen LogP) is 22.8. The van der Waals surface area contributed by atoms with E-state index in [-0.39, 0.29) is 38.0 Å². The molecule has 1 atom stereocenters. The molecule has 0 aromatic carbocycles. The summed E-state index contributed by atoms with van der Waals surface area (Å²) in [5, 5.41) is 0. The van der Waals surface area contributed by atoms with Crippen molar-refractivity contribution in [3.63, 3.8) is 0 Å². The monoisotopic (exact) mass is 1140 g/mol. The summed E-state index contributed by atoms with van der Waals surface area (Å²) in [5.74, 6) is -1.06. The molecule has 0 aliphatic carbocycles. The van der Waals surface area contributed by atoms with Crippen molar-refractivity contribution in [1.29, 1.82) is 0 Å². The van der Waals surface area contributed by atoms with E-state index in [9.17, 15) is 14.4 Å². The van der Waals surface area contributed by atoms with Gasteiger partial charge in [0.05, 0.1) is 0 Å². The minimum atomic E-state index is -0.848. The van der Waals surface area contributed by atoms with Gasteiger partial charge in [0.15, 0.2) is 6.10 Å². The fourth-order valence-corrected chi connectivity index (χ4v) is 7.95. The van der Waals surface area contributed by atoms with Crippen molar-refractivity contribution >= 4 is 17.9 Å². The van der Waals surface area contributed by atoms with E-state index in [1.54, 1.807) is 0 Å². The molecule has 0 radical (unpaired) electrons. The highest BCUT2D eigenvalue weighted by atomic mass is 16.6. The molecule has 0 aromatic rings. The van der Waals surface area contributed by atoms with Crippen LogP contribution in [0.15, 0.2) is 207 Å². The van der Waals surface area contributed by atoms with E-state index in [4.69, 9.17) is 14.2 Å². The highest BCUT2D eigenvalue weighted by Gasteiger charge is 2.19. The average molecular weight is 1140 g/mol. The molecule has 460 valence electrons. The number of esters is 3. The SMILES string of the molecule is CC/C=C\C/C=C\C/C=C\C/C=C\C/C=C\C/C=C\C/C=C\C/C=C\CCCCC(=O)OCC(COC(=O)CCCCCCC/C=C\C/C=C\CCCCC)OC(=O)CCC/C=C\C/C=C\C/C=C\C/C=C\C/C=C\C/C=C\C/C=C\CC. The fraction of sp³-hybridized carbons (Fsp3) is 0.519. The molecule has 0 fully saturated rings. The Kier molecular flexibility index (Phi) is 63.5. The zero-order chi connectivity index (χ0) is 59.9. The molecule has 0 spiro atoms. The van der Waals surface area contributed by atoms with E-state index < -0.39 is 12.1 Å². The van der Waals surface area contributed by atoms with Crippen LogP contribution in [0.1, 0.15) is 239 Å². The van der Waals surface area contributed by atoms with E-state index in [0.29, 0.717) is 19.3 Å². The first-order valence-corrected chi connectivity index (χ1v) is 32.6. The molecule has 0 aromatic heterocycles. The zero-order valence-corrected chi connectivity index (χ0v) is 52.6. The van der Waals surface area contributed by atoms with Crippen LogP contribution in [0.25, 0.3) is 0 Å². The van der Waals surface area contributed by atoms with Crippen molar-refractivity contribution in [2.75, 3.05) is 13.2 Å². The lowest BCUT2D eigenvalue weighted by Gasteiger charge is -2.18. The highest BCUT2D eigenvalue weighted by molar-refractivity contribution is 5.71. The van der Waals surface area contributed by atoms with Gasteiger partial charge >= 0.3 is 17.9 Å². The van der Waals surface area contributed by atoms with Gasteiger partial charge in [0.1, 0.15) is 13.2 Å². The average Bonchev–Trinajstić information content (AvgIpc) is 3.49. The summed E-state index contributed by atoms with van der Waals surface area (Å²) in [5.41, 5.74) is 0. The molecule has 0 heterocycles. The van der Waals surface area contributed by atoms with Gasteiger partial charge in [-0.05, 0) is 167 Å². The Hall–Kier alpha value is -6.01. The molecule has 0 rings (SSSR count). The van der Waals surface area contributed by atoms with Gasteiger partial charge in [0.2, 0.25) is 0 Å². The highest BCUT2D eigenvalue weighted by Crippen LogP contribution is 2.12. The molecule has 1 unspecified atom stereocenters. The first-order valence-electron chi connectivity index (χ1n) is 32.6. The first kappa shape index (κ1) is 77.0. The first-order chi connectivity index (χ1) is 41.0. The van der Waals surface area contributed by atoms with E-state index in [1.807, 2.05) is 0 Å². The van der Waals surface area contributed by atoms with Crippen molar-refractivity contribution in [3.05, 3.63) is 207 Å². The fourth-order valence-electron chi connectivity index (χ4n) is 7.95. The normalized spacial score (nSPS) is 13.5. The molecule has 0 bridgehead atoms. The second-order valence-corrected chi connectivity index (χ2v) is 20.5. The number of allylic oxidation sites excluding steroid dienone is 34. The lowest BCUT2D eigenvalue weighted by molar-refractivity contribution is -0.167. The Bertz CT molecular complexity index is 2030. The van der Waals surface area contributed by atoms with Gasteiger partial charge in [-0.15, -0.1) is 0 Å². The molecule has 0 aliphatic heterocycles. The van der Waals surface area contributed by atoms with Crippen LogP contribution < -0.4 is 0 Å². The number of unbranched alkanes of at least 4 members (excludes halogenated alkanes) is 11. The van der Waals surface area contributed by atoms with Crippen LogP contribution in [0.5, 0.6) is 0 Å². The van der Waals surface area contributed by atoms with Crippen molar-refractivity contribution in [1.82, 2.24) is 0 Å². The molecular formula is C77H116O6. The maximum Gasteiger partial charge on any atom is 0.306 e. The van der Waals surface area contributed by atoms with Gasteiger partial charge in [0.25, 0.3) is 0 Å². The second-order valence-electron chi connectivity index (χ2n) is 20.5. The number of rotatable bonds is 56. The third-order valence-electron chi connectivity index (χ3n) is 12.8. The Morgan fingerprint density at radius 1 is 0.253 bits per heavy atom. The Morgan fingerprint density at radius 2 is 0.482 bits per heavy atom. The van der Waals surface area contributed by atoms with Crippen LogP contribution in [0.2, 0.25) is 0 Å². The molecule has 0 saturated carbocycles. The minimum Gasteiger partial charge on any atom is -0.462 e. The van der Waals surface area contributed by atoms with E-state index in [1.165, 1.54) is 25.7 Å². The molecule has 6 heteroatoms. The van der Waals surface area contributed by atoms with Gasteiger partial charge in [-0.1, -0.05) is 259 Å². The smallest absolute Gasteiger partial charge is 0.306 e. The summed E-state index contributed by atoms with van der Waals surface area (Å²) >= 11 is 0. The van der Waals surface area contributed by atoms with Crippen molar-refractivity contribution in [2.45, 2.75) is 245 Å². The van der Waals surface area contributed by atoms with Crippen LogP contribution in [-0.2, 0) is 28.6 Å². The number of hydrogen-bond acceptors (Lipinski definition) is 6. The lowest BCUT2D eigenvalue weighted by atomic mass is 10.1. The number of hydrogen-bond donors (Lipinski definition) is 0. The van der Waals surface area contributed by atoms with Crippen molar-refractivity contribution in [2.24, 2.45) is 0 Å². The summed E-state index contributed by atoms with van der Waals surface area (Å²) in [7, 11) is 0. The van der Waals surface area contributed by atoms with E-state index in [0.717, 1.165) is 161 Å². The molecule has 0 saturated heterocycles. The molecule has 83 heavy (non-hydrogen) atoms. The summed E-state index contributed by atoms with van der Waals surface area (Å²) in [6, 6.07) is 0. The van der Waals surface area contributed by atoms with Crippen LogP contribution >= 0.6 is 0 Å². The summed E-state index contributed by atoms with van der Waals surface area (Å²) < 4.78 is 16.8.